The van der Waals surface area contributed by atoms with E-state index in [9.17, 15) is 4.79 Å². The standard InChI is InChI=1S/C11H13NO2/c1-3-9-5-4-8(7-12)6-10(9)11(13)14-2/h3-6H,1,7,12H2,2H3. The van der Waals surface area contributed by atoms with Gasteiger partial charge in [0.1, 0.15) is 0 Å². The van der Waals surface area contributed by atoms with Crippen LogP contribution < -0.4 is 5.73 Å². The molecule has 0 heterocycles. The van der Waals surface area contributed by atoms with Gasteiger partial charge in [-0.2, -0.15) is 0 Å². The lowest BCUT2D eigenvalue weighted by Crippen LogP contribution is -2.06. The van der Waals surface area contributed by atoms with Crippen LogP contribution in [0.5, 0.6) is 0 Å². The van der Waals surface area contributed by atoms with Crippen LogP contribution in [-0.2, 0) is 11.3 Å². The molecule has 0 aromatic heterocycles. The summed E-state index contributed by atoms with van der Waals surface area (Å²) in [4.78, 5) is 11.4. The fraction of sp³-hybridized carbons (Fsp3) is 0.182. The first-order valence-corrected chi connectivity index (χ1v) is 4.26. The van der Waals surface area contributed by atoms with E-state index >= 15 is 0 Å². The Bertz CT molecular complexity index is 358. The second kappa shape index (κ2) is 4.58. The van der Waals surface area contributed by atoms with Crippen LogP contribution >= 0.6 is 0 Å². The number of rotatable bonds is 3. The predicted molar refractivity (Wildman–Crippen MR) is 55.8 cm³/mol. The Morgan fingerprint density at radius 3 is 2.86 bits per heavy atom. The minimum Gasteiger partial charge on any atom is -0.465 e. The van der Waals surface area contributed by atoms with E-state index < -0.39 is 0 Å². The van der Waals surface area contributed by atoms with Crippen LogP contribution in [0, 0.1) is 0 Å². The topological polar surface area (TPSA) is 52.3 Å². The Balaban J connectivity index is 3.21. The molecule has 74 valence electrons. The van der Waals surface area contributed by atoms with E-state index in [2.05, 4.69) is 11.3 Å². The number of carbonyl (C=O) groups excluding carboxylic acids is 1. The van der Waals surface area contributed by atoms with Crippen molar-refractivity contribution in [2.75, 3.05) is 7.11 Å². The molecule has 0 amide bonds. The number of methoxy groups -OCH3 is 1. The van der Waals surface area contributed by atoms with Crippen LogP contribution in [0.3, 0.4) is 0 Å². The molecule has 1 aromatic rings. The third kappa shape index (κ3) is 2.00. The van der Waals surface area contributed by atoms with Crippen LogP contribution in [0.4, 0.5) is 0 Å². The molecule has 3 nitrogen and oxygen atoms in total. The molecule has 0 bridgehead atoms. The summed E-state index contributed by atoms with van der Waals surface area (Å²) >= 11 is 0. The van der Waals surface area contributed by atoms with E-state index in [1.165, 1.54) is 7.11 Å². The molecule has 1 rings (SSSR count). The van der Waals surface area contributed by atoms with Crippen LogP contribution in [-0.4, -0.2) is 13.1 Å². The SMILES string of the molecule is C=Cc1ccc(CN)cc1C(=O)OC. The first-order valence-electron chi connectivity index (χ1n) is 4.26. The average molecular weight is 191 g/mol. The maximum Gasteiger partial charge on any atom is 0.338 e. The Morgan fingerprint density at radius 2 is 2.36 bits per heavy atom. The molecule has 0 atom stereocenters. The monoisotopic (exact) mass is 191 g/mol. The molecule has 0 aliphatic carbocycles. The summed E-state index contributed by atoms with van der Waals surface area (Å²) in [5, 5.41) is 0. The maximum absolute atomic E-state index is 11.4. The third-order valence-electron chi connectivity index (χ3n) is 1.98. The van der Waals surface area contributed by atoms with E-state index in [4.69, 9.17) is 5.73 Å². The number of benzene rings is 1. The molecule has 14 heavy (non-hydrogen) atoms. The molecule has 0 spiro atoms. The summed E-state index contributed by atoms with van der Waals surface area (Å²) in [5.74, 6) is -0.366. The molecule has 0 unspecified atom stereocenters. The smallest absolute Gasteiger partial charge is 0.338 e. The molecular weight excluding hydrogens is 178 g/mol. The molecule has 1 aromatic carbocycles. The molecule has 0 saturated carbocycles. The van der Waals surface area contributed by atoms with Crippen LogP contribution in [0.15, 0.2) is 24.8 Å². The van der Waals surface area contributed by atoms with Crippen molar-refractivity contribution >= 4 is 12.0 Å². The average Bonchev–Trinajstić information content (AvgIpc) is 2.27. The fourth-order valence-corrected chi connectivity index (χ4v) is 1.20. The molecule has 0 saturated heterocycles. The van der Waals surface area contributed by atoms with E-state index in [0.29, 0.717) is 12.1 Å². The van der Waals surface area contributed by atoms with Crippen LogP contribution in [0.1, 0.15) is 21.5 Å². The van der Waals surface area contributed by atoms with Crippen LogP contribution in [0.25, 0.3) is 6.08 Å². The zero-order valence-electron chi connectivity index (χ0n) is 8.12. The Labute approximate surface area is 83.2 Å². The number of esters is 1. The van der Waals surface area contributed by atoms with E-state index in [-0.39, 0.29) is 5.97 Å². The molecule has 0 aliphatic heterocycles. The van der Waals surface area contributed by atoms with Crippen molar-refractivity contribution < 1.29 is 9.53 Å². The quantitative estimate of drug-likeness (QED) is 0.738. The van der Waals surface area contributed by atoms with Crippen molar-refractivity contribution in [1.29, 1.82) is 0 Å². The Morgan fingerprint density at radius 1 is 1.64 bits per heavy atom. The highest BCUT2D eigenvalue weighted by molar-refractivity contribution is 5.93. The van der Waals surface area contributed by atoms with Crippen molar-refractivity contribution in [2.45, 2.75) is 6.54 Å². The van der Waals surface area contributed by atoms with Gasteiger partial charge in [-0.15, -0.1) is 0 Å². The van der Waals surface area contributed by atoms with E-state index in [0.717, 1.165) is 11.1 Å². The summed E-state index contributed by atoms with van der Waals surface area (Å²) in [5.41, 5.74) is 7.64. The third-order valence-corrected chi connectivity index (χ3v) is 1.98. The molecule has 0 radical (unpaired) electrons. The fourth-order valence-electron chi connectivity index (χ4n) is 1.20. The van der Waals surface area contributed by atoms with Crippen molar-refractivity contribution in [3.63, 3.8) is 0 Å². The largest absolute Gasteiger partial charge is 0.465 e. The number of carbonyl (C=O) groups is 1. The van der Waals surface area contributed by atoms with E-state index in [1.807, 2.05) is 6.07 Å². The van der Waals surface area contributed by atoms with Gasteiger partial charge in [0.2, 0.25) is 0 Å². The van der Waals surface area contributed by atoms with Crippen molar-refractivity contribution in [1.82, 2.24) is 0 Å². The highest BCUT2D eigenvalue weighted by Gasteiger charge is 2.09. The first kappa shape index (κ1) is 10.5. The van der Waals surface area contributed by atoms with Gasteiger partial charge in [-0.1, -0.05) is 24.8 Å². The molecular formula is C11H13NO2. The second-order valence-corrected chi connectivity index (χ2v) is 2.82. The molecule has 0 fully saturated rings. The van der Waals surface area contributed by atoms with Gasteiger partial charge in [-0.3, -0.25) is 0 Å². The summed E-state index contributed by atoms with van der Waals surface area (Å²) in [6.45, 7) is 4.03. The Kier molecular flexibility index (Phi) is 3.42. The van der Waals surface area contributed by atoms with Gasteiger partial charge in [0, 0.05) is 6.54 Å². The van der Waals surface area contributed by atoms with Crippen molar-refractivity contribution in [3.05, 3.63) is 41.5 Å². The van der Waals surface area contributed by atoms with Gasteiger partial charge in [-0.25, -0.2) is 4.79 Å². The van der Waals surface area contributed by atoms with Gasteiger partial charge in [0.15, 0.2) is 0 Å². The second-order valence-electron chi connectivity index (χ2n) is 2.82. The first-order chi connectivity index (χ1) is 6.72. The molecule has 0 aliphatic rings. The highest BCUT2D eigenvalue weighted by Crippen LogP contribution is 2.14. The maximum atomic E-state index is 11.4. The van der Waals surface area contributed by atoms with Crippen LogP contribution in [0.2, 0.25) is 0 Å². The summed E-state index contributed by atoms with van der Waals surface area (Å²) in [6, 6.07) is 5.40. The Hall–Kier alpha value is -1.61. The lowest BCUT2D eigenvalue weighted by Gasteiger charge is -2.05. The lowest BCUT2D eigenvalue weighted by molar-refractivity contribution is 0.0600. The van der Waals surface area contributed by atoms with E-state index in [1.54, 1.807) is 18.2 Å². The number of nitrogens with two attached hydrogens (primary N) is 1. The van der Waals surface area contributed by atoms with Crippen molar-refractivity contribution in [2.24, 2.45) is 5.73 Å². The summed E-state index contributed by atoms with van der Waals surface area (Å²) in [6.07, 6.45) is 1.62. The highest BCUT2D eigenvalue weighted by atomic mass is 16.5. The molecule has 2 N–H and O–H groups in total. The predicted octanol–water partition coefficient (Wildman–Crippen LogP) is 1.57. The molecule has 3 heteroatoms. The number of hydrogen-bond acceptors (Lipinski definition) is 3. The van der Waals surface area contributed by atoms with Gasteiger partial charge >= 0.3 is 5.97 Å². The zero-order chi connectivity index (χ0) is 10.6. The summed E-state index contributed by atoms with van der Waals surface area (Å²) < 4.78 is 4.65. The lowest BCUT2D eigenvalue weighted by atomic mass is 10.0. The minimum absolute atomic E-state index is 0.366. The van der Waals surface area contributed by atoms with Gasteiger partial charge in [0.25, 0.3) is 0 Å². The van der Waals surface area contributed by atoms with Gasteiger partial charge in [0.05, 0.1) is 12.7 Å². The van der Waals surface area contributed by atoms with Crippen molar-refractivity contribution in [3.8, 4) is 0 Å². The number of ether oxygens (including phenoxy) is 1. The minimum atomic E-state index is -0.366. The normalized spacial score (nSPS) is 9.57. The van der Waals surface area contributed by atoms with Gasteiger partial charge < -0.3 is 10.5 Å². The zero-order valence-corrected chi connectivity index (χ0v) is 8.12. The number of hydrogen-bond donors (Lipinski definition) is 1. The van der Waals surface area contributed by atoms with Gasteiger partial charge in [-0.05, 0) is 17.2 Å². The summed E-state index contributed by atoms with van der Waals surface area (Å²) in [7, 11) is 1.35.